The molecule has 1 amide bonds. The number of ether oxygens (including phenoxy) is 7. The van der Waals surface area contributed by atoms with Gasteiger partial charge in [0.2, 0.25) is 12.5 Å². The van der Waals surface area contributed by atoms with Gasteiger partial charge in [-0.25, -0.2) is 10.2 Å². The molecule has 0 aromatic heterocycles. The summed E-state index contributed by atoms with van der Waals surface area (Å²) < 4.78 is 50.1. The second kappa shape index (κ2) is 15.6. The summed E-state index contributed by atoms with van der Waals surface area (Å²) >= 11 is 0. The molecule has 3 aromatic carbocycles. The quantitative estimate of drug-likeness (QED) is 0.121. The van der Waals surface area contributed by atoms with Gasteiger partial charge >= 0.3 is 0 Å². The molecule has 0 radical (unpaired) electrons. The first-order chi connectivity index (χ1) is 22.2. The monoisotopic (exact) mass is 640 g/mol. The molecule has 246 valence electrons. The smallest absolute Gasteiger partial charge is 0.293 e. The van der Waals surface area contributed by atoms with Crippen LogP contribution in [0, 0.1) is 11.7 Å². The maximum absolute atomic E-state index is 14.0. The predicted molar refractivity (Wildman–Crippen MR) is 165 cm³/mol. The number of carbonyl (C=O) groups is 2. The average molecular weight is 641 g/mol. The lowest BCUT2D eigenvalue weighted by Crippen LogP contribution is -2.41. The number of amides is 1. The molecule has 0 saturated carbocycles. The van der Waals surface area contributed by atoms with Crippen LogP contribution >= 0.6 is 0 Å². The molecule has 0 bridgehead atoms. The van der Waals surface area contributed by atoms with E-state index in [2.05, 4.69) is 5.32 Å². The largest absolute Gasteiger partial charge is 0.494 e. The fraction of sp³-hybridized carbons (Fsp3) is 0.312. The van der Waals surface area contributed by atoms with Crippen molar-refractivity contribution < 1.29 is 47.1 Å². The van der Waals surface area contributed by atoms with Crippen molar-refractivity contribution in [2.24, 2.45) is 17.5 Å². The molecule has 1 aliphatic heterocycles. The Labute approximate surface area is 265 Å². The van der Waals surface area contributed by atoms with Crippen LogP contribution in [0.5, 0.6) is 34.5 Å². The molecule has 0 spiro atoms. The molecular formula is C32H37FN4O9. The summed E-state index contributed by atoms with van der Waals surface area (Å²) in [6.45, 7) is 0.629. The van der Waals surface area contributed by atoms with Crippen LogP contribution in [-0.2, 0) is 20.7 Å². The molecule has 0 fully saturated rings. The second-order valence-corrected chi connectivity index (χ2v) is 10.1. The Morgan fingerprint density at radius 3 is 2.28 bits per heavy atom. The number of methoxy groups -OCH3 is 4. The molecular weight excluding hydrogens is 603 g/mol. The number of halogens is 1. The van der Waals surface area contributed by atoms with Gasteiger partial charge in [-0.1, -0.05) is 6.07 Å². The number of benzene rings is 3. The molecule has 3 aromatic rings. The van der Waals surface area contributed by atoms with Crippen molar-refractivity contribution in [3.63, 3.8) is 0 Å². The normalized spacial score (nSPS) is 16.2. The highest BCUT2D eigenvalue weighted by Crippen LogP contribution is 2.42. The lowest BCUT2D eigenvalue weighted by atomic mass is 9.79. The van der Waals surface area contributed by atoms with E-state index >= 15 is 0 Å². The topological polar surface area (TPSA) is 166 Å². The van der Waals surface area contributed by atoms with Crippen LogP contribution in [0.25, 0.3) is 0 Å². The second-order valence-electron chi connectivity index (χ2n) is 10.1. The van der Waals surface area contributed by atoms with Crippen molar-refractivity contribution in [2.45, 2.75) is 18.9 Å². The SMILES string of the molecule is COc1ccc(N(N)/C=C(\N)C(=O)NC2c3cc4c(cc3CCC2COC=O)OCO4)cc1F.COc1cccc(OC)c1OC. The van der Waals surface area contributed by atoms with E-state index in [4.69, 9.17) is 44.7 Å². The molecule has 5 N–H and O–H groups in total. The number of anilines is 1. The van der Waals surface area contributed by atoms with Crippen LogP contribution in [0.1, 0.15) is 23.6 Å². The van der Waals surface area contributed by atoms with Gasteiger partial charge in [-0.2, -0.15) is 0 Å². The maximum atomic E-state index is 14.0. The van der Waals surface area contributed by atoms with E-state index < -0.39 is 17.8 Å². The van der Waals surface area contributed by atoms with Gasteiger partial charge in [0.15, 0.2) is 34.6 Å². The van der Waals surface area contributed by atoms with Crippen LogP contribution in [0.3, 0.4) is 0 Å². The van der Waals surface area contributed by atoms with Gasteiger partial charge in [-0.05, 0) is 60.4 Å². The number of nitrogens with zero attached hydrogens (tertiary/aromatic N) is 1. The van der Waals surface area contributed by atoms with E-state index in [1.807, 2.05) is 30.3 Å². The van der Waals surface area contributed by atoms with Crippen molar-refractivity contribution >= 4 is 18.1 Å². The Kier molecular flexibility index (Phi) is 11.3. The number of hydrogen-bond donors (Lipinski definition) is 3. The highest BCUT2D eigenvalue weighted by molar-refractivity contribution is 5.93. The minimum absolute atomic E-state index is 0.0623. The molecule has 0 saturated heterocycles. The number of nitrogens with two attached hydrogens (primary N) is 2. The van der Waals surface area contributed by atoms with Gasteiger partial charge in [0.1, 0.15) is 5.70 Å². The third kappa shape index (κ3) is 7.64. The summed E-state index contributed by atoms with van der Waals surface area (Å²) in [6, 6.07) is 12.8. The van der Waals surface area contributed by atoms with E-state index in [-0.39, 0.29) is 36.5 Å². The van der Waals surface area contributed by atoms with Crippen LogP contribution in [0.4, 0.5) is 10.1 Å². The molecule has 14 heteroatoms. The number of nitrogens with one attached hydrogen (secondary N) is 1. The van der Waals surface area contributed by atoms with Crippen molar-refractivity contribution in [1.82, 2.24) is 5.32 Å². The van der Waals surface area contributed by atoms with E-state index in [0.717, 1.165) is 28.6 Å². The van der Waals surface area contributed by atoms with Crippen LogP contribution in [0.2, 0.25) is 0 Å². The summed E-state index contributed by atoms with van der Waals surface area (Å²) in [5.74, 6) is 7.85. The number of carbonyl (C=O) groups excluding carboxylic acids is 2. The van der Waals surface area contributed by atoms with Gasteiger partial charge in [0.05, 0.1) is 46.8 Å². The first kappa shape index (κ1) is 33.5. The molecule has 46 heavy (non-hydrogen) atoms. The van der Waals surface area contributed by atoms with Gasteiger partial charge in [0.25, 0.3) is 12.4 Å². The van der Waals surface area contributed by atoms with Gasteiger partial charge in [-0.3, -0.25) is 14.6 Å². The summed E-state index contributed by atoms with van der Waals surface area (Å²) in [5, 5.41) is 3.95. The van der Waals surface area contributed by atoms with E-state index in [9.17, 15) is 14.0 Å². The van der Waals surface area contributed by atoms with E-state index in [1.54, 1.807) is 21.3 Å². The van der Waals surface area contributed by atoms with E-state index in [1.165, 1.54) is 25.4 Å². The first-order valence-corrected chi connectivity index (χ1v) is 14.1. The number of fused-ring (bicyclic) bond motifs is 2. The third-order valence-electron chi connectivity index (χ3n) is 7.45. The number of rotatable bonds is 11. The minimum Gasteiger partial charge on any atom is -0.494 e. The van der Waals surface area contributed by atoms with Crippen molar-refractivity contribution in [2.75, 3.05) is 46.8 Å². The molecule has 2 aliphatic rings. The summed E-state index contributed by atoms with van der Waals surface area (Å²) in [7, 11) is 6.12. The molecule has 5 rings (SSSR count). The van der Waals surface area contributed by atoms with Crippen molar-refractivity contribution in [3.8, 4) is 34.5 Å². The highest BCUT2D eigenvalue weighted by atomic mass is 19.1. The first-order valence-electron chi connectivity index (χ1n) is 14.1. The summed E-state index contributed by atoms with van der Waals surface area (Å²) in [5.41, 5.74) is 7.90. The number of hydrogen-bond acceptors (Lipinski definition) is 12. The van der Waals surface area contributed by atoms with E-state index in [0.29, 0.717) is 41.6 Å². The lowest BCUT2D eigenvalue weighted by molar-refractivity contribution is -0.130. The Morgan fingerprint density at radius 2 is 1.67 bits per heavy atom. The van der Waals surface area contributed by atoms with Crippen molar-refractivity contribution in [3.05, 3.63) is 77.4 Å². The molecule has 1 heterocycles. The average Bonchev–Trinajstić information content (AvgIpc) is 3.54. The Balaban J connectivity index is 0.000000337. The van der Waals surface area contributed by atoms with Crippen LogP contribution in [0.15, 0.2) is 60.4 Å². The standard InChI is InChI=1S/C23H25FN4O6.C9H12O3/c1-31-19-5-4-15(7-17(19)24)28(26)9-18(25)23(30)27-22-14(10-32-11-29)3-2-13-6-20-21(8-16(13)22)34-12-33-20;1-10-7-5-4-6-8(11-2)9(7)12-3/h4-9,11,14,22H,2-3,10,12,25-26H2,1H3,(H,27,30);4-6H,1-3H3/b18-9-;. The zero-order valence-corrected chi connectivity index (χ0v) is 25.9. The van der Waals surface area contributed by atoms with Crippen LogP contribution < -0.4 is 50.3 Å². The number of hydrazine groups is 1. The fourth-order valence-corrected chi connectivity index (χ4v) is 5.15. The van der Waals surface area contributed by atoms with Crippen molar-refractivity contribution in [1.29, 1.82) is 0 Å². The highest BCUT2D eigenvalue weighted by Gasteiger charge is 2.34. The van der Waals surface area contributed by atoms with Gasteiger partial charge in [0, 0.05) is 18.2 Å². The zero-order valence-electron chi connectivity index (χ0n) is 25.9. The minimum atomic E-state index is -0.609. The maximum Gasteiger partial charge on any atom is 0.293 e. The lowest BCUT2D eigenvalue weighted by Gasteiger charge is -2.34. The molecule has 1 aliphatic carbocycles. The Bertz CT molecular complexity index is 1550. The molecule has 2 atom stereocenters. The Hall–Kier alpha value is -5.37. The molecule has 13 nitrogen and oxygen atoms in total. The summed E-state index contributed by atoms with van der Waals surface area (Å²) in [4.78, 5) is 23.7. The van der Waals surface area contributed by atoms with Gasteiger partial charge < -0.3 is 44.2 Å². The number of para-hydroxylation sites is 1. The zero-order chi connectivity index (χ0) is 33.2. The summed E-state index contributed by atoms with van der Waals surface area (Å²) in [6.07, 6.45) is 2.58. The predicted octanol–water partition coefficient (Wildman–Crippen LogP) is 3.35. The fourth-order valence-electron chi connectivity index (χ4n) is 5.15. The molecule has 2 unspecified atom stereocenters. The van der Waals surface area contributed by atoms with Crippen LogP contribution in [-0.4, -0.2) is 54.2 Å². The Morgan fingerprint density at radius 1 is 1.00 bits per heavy atom. The van der Waals surface area contributed by atoms with Gasteiger partial charge in [-0.15, -0.1) is 0 Å². The third-order valence-corrected chi connectivity index (χ3v) is 7.45. The number of aryl methyl sites for hydroxylation is 1.